The Labute approximate surface area is 148 Å². The molecule has 7 nitrogen and oxygen atoms in total. The number of carbonyl (C=O) groups is 1. The van der Waals surface area contributed by atoms with Gasteiger partial charge in [0.15, 0.2) is 4.77 Å². The number of nitrogens with one attached hydrogen (secondary N) is 2. The highest BCUT2D eigenvalue weighted by atomic mass is 32.1. The highest BCUT2D eigenvalue weighted by Crippen LogP contribution is 2.11. The van der Waals surface area contributed by atoms with Gasteiger partial charge >= 0.3 is 0 Å². The van der Waals surface area contributed by atoms with Gasteiger partial charge in [0, 0.05) is 25.1 Å². The van der Waals surface area contributed by atoms with Crippen LogP contribution in [0.25, 0.3) is 10.9 Å². The van der Waals surface area contributed by atoms with E-state index in [-0.39, 0.29) is 24.4 Å². The monoisotopic (exact) mass is 358 g/mol. The van der Waals surface area contributed by atoms with Crippen molar-refractivity contribution in [2.24, 2.45) is 0 Å². The molecule has 130 valence electrons. The molecule has 8 heteroatoms. The predicted molar refractivity (Wildman–Crippen MR) is 95.8 cm³/mol. The summed E-state index contributed by atoms with van der Waals surface area (Å²) >= 11 is 5.24. The Morgan fingerprint density at radius 3 is 2.84 bits per heavy atom. The molecule has 2 N–H and O–H groups in total. The molecule has 0 saturated carbocycles. The number of hydrogen-bond acceptors (Lipinski definition) is 5. The zero-order chi connectivity index (χ0) is 18.0. The number of fused-ring (bicyclic) bond motifs is 1. The zero-order valence-corrected chi connectivity index (χ0v) is 14.8. The van der Waals surface area contributed by atoms with Crippen LogP contribution in [0, 0.1) is 18.6 Å². The van der Waals surface area contributed by atoms with E-state index in [1.165, 1.54) is 4.57 Å². The maximum atomic E-state index is 12.5. The van der Waals surface area contributed by atoms with Crippen LogP contribution in [0.1, 0.15) is 23.4 Å². The van der Waals surface area contributed by atoms with E-state index < -0.39 is 0 Å². The number of H-pyrrole nitrogens is 1. The van der Waals surface area contributed by atoms with Gasteiger partial charge in [-0.15, -0.1) is 0 Å². The van der Waals surface area contributed by atoms with Crippen molar-refractivity contribution in [2.75, 3.05) is 0 Å². The molecular formula is C17H18N4O3S. The van der Waals surface area contributed by atoms with Gasteiger partial charge in [0.05, 0.1) is 16.6 Å². The van der Waals surface area contributed by atoms with Gasteiger partial charge in [-0.3, -0.25) is 14.2 Å². The fraction of sp³-hybridized carbons (Fsp3) is 0.294. The minimum atomic E-state index is -0.196. The number of aromatic nitrogens is 3. The van der Waals surface area contributed by atoms with Crippen molar-refractivity contribution in [2.45, 2.75) is 33.4 Å². The summed E-state index contributed by atoms with van der Waals surface area (Å²) in [5.41, 5.74) is 2.12. The molecule has 0 saturated heterocycles. The average Bonchev–Trinajstić information content (AvgIpc) is 2.91. The Morgan fingerprint density at radius 1 is 1.36 bits per heavy atom. The third-order valence-corrected chi connectivity index (χ3v) is 4.42. The second kappa shape index (κ2) is 7.02. The van der Waals surface area contributed by atoms with E-state index in [9.17, 15) is 9.59 Å². The molecule has 0 fully saturated rings. The van der Waals surface area contributed by atoms with Gasteiger partial charge in [0.25, 0.3) is 5.56 Å². The van der Waals surface area contributed by atoms with Gasteiger partial charge in [-0.25, -0.2) is 0 Å². The maximum Gasteiger partial charge on any atom is 0.262 e. The number of carbonyl (C=O) groups excluding carboxylic acids is 1. The topological polar surface area (TPSA) is 92.9 Å². The number of rotatable bonds is 5. The smallest absolute Gasteiger partial charge is 0.262 e. The summed E-state index contributed by atoms with van der Waals surface area (Å²) in [7, 11) is 0. The summed E-state index contributed by atoms with van der Waals surface area (Å²) in [6, 6.07) is 7.16. The molecule has 0 unspecified atom stereocenters. The van der Waals surface area contributed by atoms with Crippen LogP contribution in [-0.4, -0.2) is 20.6 Å². The van der Waals surface area contributed by atoms with Gasteiger partial charge in [0.2, 0.25) is 5.91 Å². The standard InChI is InChI=1S/C17H18N4O3S/c1-10-13(11(2)24-20-10)9-18-15(22)7-8-21-16(23)12-5-3-4-6-14(12)19-17(21)25/h3-6H,7-9H2,1-2H3,(H,18,22)(H,19,25). The first-order valence-corrected chi connectivity index (χ1v) is 8.28. The molecule has 0 aliphatic carbocycles. The fourth-order valence-electron chi connectivity index (χ4n) is 2.64. The van der Waals surface area contributed by atoms with E-state index in [0.717, 1.165) is 11.3 Å². The van der Waals surface area contributed by atoms with Crippen molar-refractivity contribution in [3.63, 3.8) is 0 Å². The predicted octanol–water partition coefficient (Wildman–Crippen LogP) is 2.37. The van der Waals surface area contributed by atoms with Crippen LogP contribution in [0.5, 0.6) is 0 Å². The van der Waals surface area contributed by atoms with Crippen LogP contribution in [0.4, 0.5) is 0 Å². The summed E-state index contributed by atoms with van der Waals surface area (Å²) in [6.07, 6.45) is 0.152. The number of aromatic amines is 1. The lowest BCUT2D eigenvalue weighted by Crippen LogP contribution is -2.28. The first-order valence-electron chi connectivity index (χ1n) is 7.87. The van der Waals surface area contributed by atoms with E-state index in [0.29, 0.717) is 28.0 Å². The quantitative estimate of drug-likeness (QED) is 0.683. The van der Waals surface area contributed by atoms with Gasteiger partial charge in [0.1, 0.15) is 5.76 Å². The number of amides is 1. The van der Waals surface area contributed by atoms with Crippen molar-refractivity contribution < 1.29 is 9.32 Å². The van der Waals surface area contributed by atoms with Crippen LogP contribution >= 0.6 is 12.2 Å². The molecule has 0 atom stereocenters. The molecule has 0 bridgehead atoms. The fourth-order valence-corrected chi connectivity index (χ4v) is 2.93. The van der Waals surface area contributed by atoms with Crippen molar-refractivity contribution in [1.29, 1.82) is 0 Å². The molecule has 0 aliphatic rings. The lowest BCUT2D eigenvalue weighted by molar-refractivity contribution is -0.121. The zero-order valence-electron chi connectivity index (χ0n) is 14.0. The van der Waals surface area contributed by atoms with Gasteiger partial charge in [-0.2, -0.15) is 0 Å². The first-order chi connectivity index (χ1) is 12.0. The summed E-state index contributed by atoms with van der Waals surface area (Å²) in [6.45, 7) is 4.19. The molecule has 0 aliphatic heterocycles. The minimum absolute atomic E-state index is 0.152. The van der Waals surface area contributed by atoms with Crippen molar-refractivity contribution in [3.05, 3.63) is 56.4 Å². The van der Waals surface area contributed by atoms with E-state index in [1.807, 2.05) is 13.0 Å². The van der Waals surface area contributed by atoms with Crippen LogP contribution in [0.2, 0.25) is 0 Å². The van der Waals surface area contributed by atoms with Gasteiger partial charge in [-0.1, -0.05) is 17.3 Å². The summed E-state index contributed by atoms with van der Waals surface area (Å²) in [4.78, 5) is 27.6. The van der Waals surface area contributed by atoms with E-state index in [2.05, 4.69) is 15.5 Å². The van der Waals surface area contributed by atoms with E-state index >= 15 is 0 Å². The molecule has 2 aromatic heterocycles. The van der Waals surface area contributed by atoms with Crippen molar-refractivity contribution in [1.82, 2.24) is 20.0 Å². The van der Waals surface area contributed by atoms with Gasteiger partial charge < -0.3 is 14.8 Å². The lowest BCUT2D eigenvalue weighted by Gasteiger charge is -2.08. The van der Waals surface area contributed by atoms with Crippen molar-refractivity contribution in [3.8, 4) is 0 Å². The number of nitrogens with zero attached hydrogens (tertiary/aromatic N) is 2. The summed E-state index contributed by atoms with van der Waals surface area (Å²) in [5.74, 6) is 0.514. The molecule has 3 rings (SSSR count). The number of para-hydroxylation sites is 1. The normalized spacial score (nSPS) is 11.0. The SMILES string of the molecule is Cc1noc(C)c1CNC(=O)CCn1c(=S)[nH]c2ccccc2c1=O. The highest BCUT2D eigenvalue weighted by molar-refractivity contribution is 7.71. The molecule has 25 heavy (non-hydrogen) atoms. The Kier molecular flexibility index (Phi) is 4.80. The Morgan fingerprint density at radius 2 is 2.12 bits per heavy atom. The Bertz CT molecular complexity index is 1030. The molecule has 1 aromatic carbocycles. The van der Waals surface area contributed by atoms with Crippen LogP contribution < -0.4 is 10.9 Å². The van der Waals surface area contributed by atoms with Crippen LogP contribution in [0.15, 0.2) is 33.6 Å². The number of aryl methyl sites for hydroxylation is 2. The Balaban J connectivity index is 1.69. The molecule has 2 heterocycles. The molecule has 0 radical (unpaired) electrons. The highest BCUT2D eigenvalue weighted by Gasteiger charge is 2.11. The molecule has 1 amide bonds. The average molecular weight is 358 g/mol. The second-order valence-corrected chi connectivity index (χ2v) is 6.15. The minimum Gasteiger partial charge on any atom is -0.361 e. The lowest BCUT2D eigenvalue weighted by atomic mass is 10.2. The van der Waals surface area contributed by atoms with Crippen LogP contribution in [0.3, 0.4) is 0 Å². The van der Waals surface area contributed by atoms with Gasteiger partial charge in [-0.05, 0) is 38.2 Å². The maximum absolute atomic E-state index is 12.5. The van der Waals surface area contributed by atoms with Crippen LogP contribution in [-0.2, 0) is 17.9 Å². The van der Waals surface area contributed by atoms with E-state index in [4.69, 9.17) is 16.7 Å². The number of hydrogen-bond donors (Lipinski definition) is 2. The number of benzene rings is 1. The second-order valence-electron chi connectivity index (χ2n) is 5.76. The first kappa shape index (κ1) is 17.1. The third kappa shape index (κ3) is 3.53. The van der Waals surface area contributed by atoms with E-state index in [1.54, 1.807) is 25.1 Å². The molecule has 3 aromatic rings. The molecular weight excluding hydrogens is 340 g/mol. The van der Waals surface area contributed by atoms with Crippen molar-refractivity contribution >= 4 is 29.0 Å². The Hall–Kier alpha value is -2.74. The third-order valence-electron chi connectivity index (χ3n) is 4.10. The largest absolute Gasteiger partial charge is 0.361 e. The summed E-state index contributed by atoms with van der Waals surface area (Å²) in [5, 5.41) is 7.21. The summed E-state index contributed by atoms with van der Waals surface area (Å²) < 4.78 is 6.78. The molecule has 0 spiro atoms.